The predicted octanol–water partition coefficient (Wildman–Crippen LogP) is 2.79. The number of hydrogen-bond acceptors (Lipinski definition) is 3. The second-order valence-corrected chi connectivity index (χ2v) is 9.53. The molecule has 0 unspecified atom stereocenters. The molecule has 0 atom stereocenters. The molecule has 2 amide bonds. The summed E-state index contributed by atoms with van der Waals surface area (Å²) in [4.78, 5) is 29.8. The maximum atomic E-state index is 12.9. The highest BCUT2D eigenvalue weighted by atomic mass is 16.2. The second kappa shape index (κ2) is 7.15. The van der Waals surface area contributed by atoms with Crippen LogP contribution in [-0.2, 0) is 16.1 Å². The third kappa shape index (κ3) is 3.43. The summed E-state index contributed by atoms with van der Waals surface area (Å²) in [7, 11) is 0. The number of nitrogens with zero attached hydrogens (tertiary/aromatic N) is 2. The number of nitrogens with one attached hydrogen (secondary N) is 2. The summed E-state index contributed by atoms with van der Waals surface area (Å²) < 4.78 is 2.11. The van der Waals surface area contributed by atoms with E-state index >= 15 is 0 Å². The van der Waals surface area contributed by atoms with Crippen LogP contribution in [0.4, 0.5) is 0 Å². The Bertz CT molecular complexity index is 912. The van der Waals surface area contributed by atoms with Gasteiger partial charge in [0.05, 0.1) is 17.6 Å². The van der Waals surface area contributed by atoms with Gasteiger partial charge in [-0.25, -0.2) is 4.98 Å². The summed E-state index contributed by atoms with van der Waals surface area (Å²) in [5.41, 5.74) is 1.86. The molecule has 4 bridgehead atoms. The minimum atomic E-state index is -0.193. The Morgan fingerprint density at radius 2 is 1.72 bits per heavy atom. The Kier molecular flexibility index (Phi) is 4.60. The maximum absolute atomic E-state index is 12.9. The molecule has 1 aromatic carbocycles. The molecule has 4 saturated carbocycles. The van der Waals surface area contributed by atoms with E-state index in [4.69, 9.17) is 0 Å². The smallest absolute Gasteiger partial charge is 0.239 e. The lowest BCUT2D eigenvalue weighted by Crippen LogP contribution is -2.54. The normalized spacial score (nSPS) is 29.9. The molecule has 2 aromatic rings. The Labute approximate surface area is 171 Å². The molecule has 6 nitrogen and oxygen atoms in total. The number of carbonyl (C=O) groups is 2. The zero-order chi connectivity index (χ0) is 20.0. The third-order valence-electron chi connectivity index (χ3n) is 7.43. The molecule has 4 aliphatic carbocycles. The predicted molar refractivity (Wildman–Crippen MR) is 111 cm³/mol. The Morgan fingerprint density at radius 1 is 1.07 bits per heavy atom. The van der Waals surface area contributed by atoms with Gasteiger partial charge >= 0.3 is 0 Å². The lowest BCUT2D eigenvalue weighted by molar-refractivity contribution is -0.147. The van der Waals surface area contributed by atoms with E-state index in [1.165, 1.54) is 19.3 Å². The number of rotatable bonds is 6. The fourth-order valence-corrected chi connectivity index (χ4v) is 6.58. The number of para-hydroxylation sites is 2. The van der Waals surface area contributed by atoms with E-state index in [-0.39, 0.29) is 23.8 Å². The molecule has 1 heterocycles. The van der Waals surface area contributed by atoms with Crippen LogP contribution in [0.5, 0.6) is 0 Å². The SMILES string of the molecule is Cc1nc2ccccc2n1CCNC(=O)CNC(=O)C12CC3CC(CC(C3)C1)C2. The number of aromatic nitrogens is 2. The van der Waals surface area contributed by atoms with Gasteiger partial charge in [-0.3, -0.25) is 9.59 Å². The van der Waals surface area contributed by atoms with E-state index in [0.717, 1.165) is 53.9 Å². The summed E-state index contributed by atoms with van der Waals surface area (Å²) in [5, 5.41) is 5.89. The van der Waals surface area contributed by atoms with Crippen LogP contribution >= 0.6 is 0 Å². The summed E-state index contributed by atoms with van der Waals surface area (Å²) in [6, 6.07) is 8.02. The highest BCUT2D eigenvalue weighted by molar-refractivity contribution is 5.88. The number of imidazole rings is 1. The Morgan fingerprint density at radius 3 is 2.41 bits per heavy atom. The van der Waals surface area contributed by atoms with Crippen molar-refractivity contribution in [3.05, 3.63) is 30.1 Å². The van der Waals surface area contributed by atoms with Crippen LogP contribution in [0.15, 0.2) is 24.3 Å². The number of fused-ring (bicyclic) bond motifs is 1. The van der Waals surface area contributed by atoms with E-state index in [2.05, 4.69) is 20.2 Å². The van der Waals surface area contributed by atoms with Crippen molar-refractivity contribution in [1.82, 2.24) is 20.2 Å². The molecule has 4 aliphatic rings. The quantitative estimate of drug-likeness (QED) is 0.791. The molecule has 6 heteroatoms. The lowest BCUT2D eigenvalue weighted by atomic mass is 9.49. The van der Waals surface area contributed by atoms with E-state index < -0.39 is 0 Å². The van der Waals surface area contributed by atoms with Gasteiger partial charge in [0.25, 0.3) is 0 Å². The molecular weight excluding hydrogens is 364 g/mol. The van der Waals surface area contributed by atoms with Gasteiger partial charge in [-0.1, -0.05) is 12.1 Å². The Balaban J connectivity index is 1.12. The first-order valence-electron chi connectivity index (χ1n) is 11.0. The number of carbonyl (C=O) groups excluding carboxylic acids is 2. The van der Waals surface area contributed by atoms with Gasteiger partial charge in [-0.15, -0.1) is 0 Å². The van der Waals surface area contributed by atoms with Crippen LogP contribution < -0.4 is 10.6 Å². The fourth-order valence-electron chi connectivity index (χ4n) is 6.58. The van der Waals surface area contributed by atoms with E-state index in [1.54, 1.807) is 0 Å². The maximum Gasteiger partial charge on any atom is 0.239 e. The molecular formula is C23H30N4O2. The van der Waals surface area contributed by atoms with Crippen molar-refractivity contribution in [2.24, 2.45) is 23.2 Å². The van der Waals surface area contributed by atoms with Crippen LogP contribution in [0, 0.1) is 30.1 Å². The molecule has 0 saturated heterocycles. The first-order chi connectivity index (χ1) is 14.0. The van der Waals surface area contributed by atoms with Gasteiger partial charge in [0.1, 0.15) is 5.82 Å². The lowest BCUT2D eigenvalue weighted by Gasteiger charge is -2.55. The van der Waals surface area contributed by atoms with Crippen molar-refractivity contribution in [3.63, 3.8) is 0 Å². The molecule has 0 spiro atoms. The van der Waals surface area contributed by atoms with Gasteiger partial charge in [-0.2, -0.15) is 0 Å². The van der Waals surface area contributed by atoms with Crippen molar-refractivity contribution in [2.45, 2.75) is 52.0 Å². The molecule has 1 aromatic heterocycles. The molecule has 29 heavy (non-hydrogen) atoms. The zero-order valence-corrected chi connectivity index (χ0v) is 17.1. The monoisotopic (exact) mass is 394 g/mol. The van der Waals surface area contributed by atoms with Crippen molar-refractivity contribution >= 4 is 22.8 Å². The first-order valence-corrected chi connectivity index (χ1v) is 11.0. The van der Waals surface area contributed by atoms with Crippen LogP contribution in [0.1, 0.15) is 44.3 Å². The average molecular weight is 395 g/mol. The van der Waals surface area contributed by atoms with E-state index in [0.29, 0.717) is 13.1 Å². The van der Waals surface area contributed by atoms with Gasteiger partial charge < -0.3 is 15.2 Å². The molecule has 154 valence electrons. The van der Waals surface area contributed by atoms with Crippen molar-refractivity contribution in [2.75, 3.05) is 13.1 Å². The van der Waals surface area contributed by atoms with E-state index in [9.17, 15) is 9.59 Å². The first kappa shape index (κ1) is 18.6. The summed E-state index contributed by atoms with van der Waals surface area (Å²) in [5.74, 6) is 3.13. The number of aryl methyl sites for hydroxylation is 1. The van der Waals surface area contributed by atoms with Crippen LogP contribution in [-0.4, -0.2) is 34.5 Å². The van der Waals surface area contributed by atoms with Gasteiger partial charge in [-0.05, 0) is 75.3 Å². The van der Waals surface area contributed by atoms with Crippen molar-refractivity contribution in [3.8, 4) is 0 Å². The van der Waals surface area contributed by atoms with Crippen molar-refractivity contribution in [1.29, 1.82) is 0 Å². The zero-order valence-electron chi connectivity index (χ0n) is 17.1. The minimum Gasteiger partial charge on any atom is -0.353 e. The average Bonchev–Trinajstić information content (AvgIpc) is 3.00. The molecule has 0 aliphatic heterocycles. The highest BCUT2D eigenvalue weighted by Gasteiger charge is 2.54. The third-order valence-corrected chi connectivity index (χ3v) is 7.43. The molecule has 2 N–H and O–H groups in total. The topological polar surface area (TPSA) is 76.0 Å². The number of benzene rings is 1. The van der Waals surface area contributed by atoms with Gasteiger partial charge in [0.2, 0.25) is 11.8 Å². The minimum absolute atomic E-state index is 0.0737. The fraction of sp³-hybridized carbons (Fsp3) is 0.609. The molecule has 0 radical (unpaired) electrons. The van der Waals surface area contributed by atoms with Gasteiger partial charge in [0.15, 0.2) is 0 Å². The summed E-state index contributed by atoms with van der Waals surface area (Å²) in [6.07, 6.45) is 7.03. The standard InChI is InChI=1S/C23H30N4O2/c1-15-26-19-4-2-3-5-20(19)27(15)7-6-24-21(28)14-25-22(29)23-11-16-8-17(12-23)10-18(9-16)13-23/h2-5,16-18H,6-14H2,1H3,(H,24,28)(H,25,29). The van der Waals surface area contributed by atoms with E-state index in [1.807, 2.05) is 31.2 Å². The van der Waals surface area contributed by atoms with Crippen LogP contribution in [0.25, 0.3) is 11.0 Å². The molecule has 4 fully saturated rings. The Hall–Kier alpha value is -2.37. The summed E-state index contributed by atoms with van der Waals surface area (Å²) in [6.45, 7) is 3.24. The molecule has 6 rings (SSSR count). The second-order valence-electron chi connectivity index (χ2n) is 9.53. The van der Waals surface area contributed by atoms with Crippen LogP contribution in [0.3, 0.4) is 0 Å². The van der Waals surface area contributed by atoms with Gasteiger partial charge in [0, 0.05) is 18.5 Å². The number of hydrogen-bond donors (Lipinski definition) is 2. The number of amides is 2. The van der Waals surface area contributed by atoms with Crippen molar-refractivity contribution < 1.29 is 9.59 Å². The summed E-state index contributed by atoms with van der Waals surface area (Å²) >= 11 is 0. The largest absolute Gasteiger partial charge is 0.353 e. The highest BCUT2D eigenvalue weighted by Crippen LogP contribution is 2.60. The van der Waals surface area contributed by atoms with Crippen LogP contribution in [0.2, 0.25) is 0 Å².